The molecule has 2 rings (SSSR count). The minimum absolute atomic E-state index is 0.0184. The van der Waals surface area contributed by atoms with Gasteiger partial charge in [-0.25, -0.2) is 0 Å². The van der Waals surface area contributed by atoms with Crippen molar-refractivity contribution in [2.75, 3.05) is 7.05 Å². The van der Waals surface area contributed by atoms with Gasteiger partial charge >= 0.3 is 5.97 Å². The van der Waals surface area contributed by atoms with Crippen LogP contribution in [0, 0.1) is 5.92 Å². The van der Waals surface area contributed by atoms with Crippen LogP contribution in [-0.2, 0) is 4.79 Å². The molecule has 1 heterocycles. The summed E-state index contributed by atoms with van der Waals surface area (Å²) in [6.45, 7) is 0. The summed E-state index contributed by atoms with van der Waals surface area (Å²) < 4.78 is 0. The van der Waals surface area contributed by atoms with Gasteiger partial charge in [-0.05, 0) is 24.3 Å². The normalized spacial score (nSPS) is 23.6. The predicted octanol–water partition coefficient (Wildman–Crippen LogP) is 1.68. The molecule has 0 saturated heterocycles. The molecule has 1 aliphatic rings. The first kappa shape index (κ1) is 11.1. The van der Waals surface area contributed by atoms with Gasteiger partial charge in [0.25, 0.3) is 5.91 Å². The molecule has 86 valence electrons. The van der Waals surface area contributed by atoms with Gasteiger partial charge in [-0.2, -0.15) is 11.3 Å². The minimum Gasteiger partial charge on any atom is -0.481 e. The van der Waals surface area contributed by atoms with Crippen LogP contribution in [0.4, 0.5) is 0 Å². The van der Waals surface area contributed by atoms with Gasteiger partial charge in [0.05, 0.1) is 11.5 Å². The predicted molar refractivity (Wildman–Crippen MR) is 60.6 cm³/mol. The van der Waals surface area contributed by atoms with Gasteiger partial charge in [-0.1, -0.05) is 0 Å². The van der Waals surface area contributed by atoms with Crippen molar-refractivity contribution in [3.8, 4) is 0 Å². The Hall–Kier alpha value is -1.36. The molecule has 0 unspecified atom stereocenters. The molecule has 1 amide bonds. The molecule has 0 aromatic carbocycles. The highest BCUT2D eigenvalue weighted by Gasteiger charge is 2.38. The fraction of sp³-hybridized carbons (Fsp3) is 0.455. The highest BCUT2D eigenvalue weighted by Crippen LogP contribution is 2.32. The van der Waals surface area contributed by atoms with Gasteiger partial charge < -0.3 is 10.0 Å². The van der Waals surface area contributed by atoms with E-state index < -0.39 is 5.97 Å². The Morgan fingerprint density at radius 3 is 2.69 bits per heavy atom. The number of thiophene rings is 1. The molecule has 0 bridgehead atoms. The zero-order valence-corrected chi connectivity index (χ0v) is 9.74. The lowest BCUT2D eigenvalue weighted by Crippen LogP contribution is -2.47. The lowest BCUT2D eigenvalue weighted by atomic mass is 9.79. The average Bonchev–Trinajstić information content (AvgIpc) is 2.65. The van der Waals surface area contributed by atoms with Crippen LogP contribution >= 0.6 is 11.3 Å². The van der Waals surface area contributed by atoms with E-state index in [9.17, 15) is 9.59 Å². The summed E-state index contributed by atoms with van der Waals surface area (Å²) in [6.07, 6.45) is 1.14. The quantitative estimate of drug-likeness (QED) is 0.873. The van der Waals surface area contributed by atoms with E-state index >= 15 is 0 Å². The molecule has 0 spiro atoms. The fourth-order valence-corrected chi connectivity index (χ4v) is 2.49. The van der Waals surface area contributed by atoms with Crippen LogP contribution in [0.1, 0.15) is 23.2 Å². The third-order valence-corrected chi connectivity index (χ3v) is 3.78. The maximum Gasteiger partial charge on any atom is 0.306 e. The largest absolute Gasteiger partial charge is 0.481 e. The van der Waals surface area contributed by atoms with Crippen molar-refractivity contribution in [2.45, 2.75) is 18.9 Å². The summed E-state index contributed by atoms with van der Waals surface area (Å²) in [5, 5.41) is 12.4. The number of rotatable bonds is 3. The van der Waals surface area contributed by atoms with E-state index in [0.717, 1.165) is 0 Å². The van der Waals surface area contributed by atoms with Crippen molar-refractivity contribution >= 4 is 23.2 Å². The number of carboxylic acid groups (broad SMARTS) is 1. The Morgan fingerprint density at radius 2 is 2.19 bits per heavy atom. The highest BCUT2D eigenvalue weighted by atomic mass is 32.1. The van der Waals surface area contributed by atoms with Crippen LogP contribution in [0.3, 0.4) is 0 Å². The van der Waals surface area contributed by atoms with Gasteiger partial charge in [0.15, 0.2) is 0 Å². The SMILES string of the molecule is CN(C(=O)c1ccsc1)C1CC(C(=O)O)C1. The van der Waals surface area contributed by atoms with E-state index in [4.69, 9.17) is 5.11 Å². The molecule has 1 aliphatic carbocycles. The number of carboxylic acids is 1. The number of nitrogens with zero attached hydrogens (tertiary/aromatic N) is 1. The second-order valence-electron chi connectivity index (χ2n) is 4.09. The Labute approximate surface area is 97.5 Å². The number of aliphatic carboxylic acids is 1. The average molecular weight is 239 g/mol. The Bertz CT molecular complexity index is 395. The number of hydrogen-bond donors (Lipinski definition) is 1. The summed E-state index contributed by atoms with van der Waals surface area (Å²) in [5.41, 5.74) is 0.686. The van der Waals surface area contributed by atoms with Crippen molar-refractivity contribution in [2.24, 2.45) is 5.92 Å². The third-order valence-electron chi connectivity index (χ3n) is 3.10. The number of amides is 1. The van der Waals surface area contributed by atoms with E-state index in [1.807, 2.05) is 10.8 Å². The Kier molecular flexibility index (Phi) is 2.96. The lowest BCUT2D eigenvalue weighted by Gasteiger charge is -2.38. The number of carbonyl (C=O) groups is 2. The van der Waals surface area contributed by atoms with Crippen molar-refractivity contribution in [1.29, 1.82) is 0 Å². The standard InChI is InChI=1S/C11H13NO3S/c1-12(9-4-8(5-9)11(14)15)10(13)7-2-3-16-6-7/h2-3,6,8-9H,4-5H2,1H3,(H,14,15). The first-order chi connectivity index (χ1) is 7.59. The maximum atomic E-state index is 11.9. The molecule has 0 atom stereocenters. The molecule has 1 aromatic rings. The smallest absolute Gasteiger partial charge is 0.306 e. The topological polar surface area (TPSA) is 57.6 Å². The van der Waals surface area contributed by atoms with Gasteiger partial charge in [0.1, 0.15) is 0 Å². The molecule has 1 saturated carbocycles. The van der Waals surface area contributed by atoms with E-state index in [2.05, 4.69) is 0 Å². The summed E-state index contributed by atoms with van der Waals surface area (Å²) in [5.74, 6) is -1.05. The molecular weight excluding hydrogens is 226 g/mol. The first-order valence-electron chi connectivity index (χ1n) is 5.11. The fourth-order valence-electron chi connectivity index (χ4n) is 1.86. The van der Waals surface area contributed by atoms with Crippen molar-refractivity contribution in [3.05, 3.63) is 22.4 Å². The van der Waals surface area contributed by atoms with Crippen LogP contribution in [0.2, 0.25) is 0 Å². The molecule has 1 N–H and O–H groups in total. The van der Waals surface area contributed by atoms with E-state index in [-0.39, 0.29) is 17.9 Å². The van der Waals surface area contributed by atoms with Crippen molar-refractivity contribution < 1.29 is 14.7 Å². The van der Waals surface area contributed by atoms with Gasteiger partial charge in [0, 0.05) is 18.5 Å². The molecular formula is C11H13NO3S. The summed E-state index contributed by atoms with van der Waals surface area (Å²) >= 11 is 1.49. The molecule has 1 aromatic heterocycles. The molecule has 0 radical (unpaired) electrons. The monoisotopic (exact) mass is 239 g/mol. The van der Waals surface area contributed by atoms with E-state index in [1.165, 1.54) is 11.3 Å². The lowest BCUT2D eigenvalue weighted by molar-refractivity contribution is -0.146. The first-order valence-corrected chi connectivity index (χ1v) is 6.06. The van der Waals surface area contributed by atoms with Gasteiger partial charge in [-0.15, -0.1) is 0 Å². The van der Waals surface area contributed by atoms with Gasteiger partial charge in [0.2, 0.25) is 0 Å². The Morgan fingerprint density at radius 1 is 1.50 bits per heavy atom. The Balaban J connectivity index is 1.93. The van der Waals surface area contributed by atoms with Crippen LogP contribution in [0.5, 0.6) is 0 Å². The number of carbonyl (C=O) groups excluding carboxylic acids is 1. The molecule has 0 aliphatic heterocycles. The zero-order valence-electron chi connectivity index (χ0n) is 8.92. The van der Waals surface area contributed by atoms with E-state index in [1.54, 1.807) is 18.0 Å². The van der Waals surface area contributed by atoms with Crippen molar-refractivity contribution in [3.63, 3.8) is 0 Å². The number of hydrogen-bond acceptors (Lipinski definition) is 3. The maximum absolute atomic E-state index is 11.9. The zero-order chi connectivity index (χ0) is 11.7. The van der Waals surface area contributed by atoms with Crippen LogP contribution in [-0.4, -0.2) is 35.0 Å². The van der Waals surface area contributed by atoms with E-state index in [0.29, 0.717) is 18.4 Å². The van der Waals surface area contributed by atoms with Crippen LogP contribution in [0.25, 0.3) is 0 Å². The highest BCUT2D eigenvalue weighted by molar-refractivity contribution is 7.08. The molecule has 1 fully saturated rings. The second-order valence-corrected chi connectivity index (χ2v) is 4.87. The van der Waals surface area contributed by atoms with Crippen molar-refractivity contribution in [1.82, 2.24) is 4.90 Å². The molecule has 4 nitrogen and oxygen atoms in total. The van der Waals surface area contributed by atoms with Crippen LogP contribution < -0.4 is 0 Å². The summed E-state index contributed by atoms with van der Waals surface area (Å²) in [7, 11) is 1.74. The second kappa shape index (κ2) is 4.25. The molecule has 5 heteroatoms. The summed E-state index contributed by atoms with van der Waals surface area (Å²) in [4.78, 5) is 24.2. The molecule has 16 heavy (non-hydrogen) atoms. The third kappa shape index (κ3) is 1.95. The summed E-state index contributed by atoms with van der Waals surface area (Å²) in [6, 6.07) is 1.87. The minimum atomic E-state index is -0.757. The van der Waals surface area contributed by atoms with Crippen LogP contribution in [0.15, 0.2) is 16.8 Å². The van der Waals surface area contributed by atoms with Gasteiger partial charge in [-0.3, -0.25) is 9.59 Å².